The first-order chi connectivity index (χ1) is 7.67. The Morgan fingerprint density at radius 1 is 1.31 bits per heavy atom. The van der Waals surface area contributed by atoms with Crippen LogP contribution in [0.2, 0.25) is 0 Å². The Morgan fingerprint density at radius 3 is 2.56 bits per heavy atom. The van der Waals surface area contributed by atoms with Crippen LogP contribution in [0.4, 0.5) is 0 Å². The number of aromatic nitrogens is 1. The van der Waals surface area contributed by atoms with Gasteiger partial charge in [0.05, 0.1) is 10.7 Å². The van der Waals surface area contributed by atoms with Gasteiger partial charge in [-0.1, -0.05) is 26.7 Å². The van der Waals surface area contributed by atoms with Crippen molar-refractivity contribution in [2.75, 3.05) is 0 Å². The zero-order chi connectivity index (χ0) is 12.0. The van der Waals surface area contributed by atoms with E-state index in [4.69, 9.17) is 0 Å². The second kappa shape index (κ2) is 7.02. The Labute approximate surface area is 103 Å². The van der Waals surface area contributed by atoms with Gasteiger partial charge < -0.3 is 5.32 Å². The highest BCUT2D eigenvalue weighted by atomic mass is 32.1. The van der Waals surface area contributed by atoms with Crippen molar-refractivity contribution in [3.05, 3.63) is 15.6 Å². The molecule has 92 valence electrons. The van der Waals surface area contributed by atoms with Crippen molar-refractivity contribution in [1.82, 2.24) is 10.3 Å². The van der Waals surface area contributed by atoms with Gasteiger partial charge in [0.1, 0.15) is 0 Å². The molecule has 0 aliphatic heterocycles. The molecule has 1 unspecified atom stereocenters. The lowest BCUT2D eigenvalue weighted by molar-refractivity contribution is 0.453. The number of nitrogens with one attached hydrogen (secondary N) is 1. The number of hydrogen-bond acceptors (Lipinski definition) is 3. The fourth-order valence-electron chi connectivity index (χ4n) is 1.88. The number of thiazole rings is 1. The molecular formula is C13H24N2S. The number of nitrogens with zero attached hydrogens (tertiary/aromatic N) is 1. The summed E-state index contributed by atoms with van der Waals surface area (Å²) in [7, 11) is 0. The molecule has 0 aromatic carbocycles. The molecule has 0 amide bonds. The molecule has 1 heterocycles. The molecule has 16 heavy (non-hydrogen) atoms. The maximum Gasteiger partial charge on any atom is 0.0900 e. The minimum Gasteiger partial charge on any atom is -0.309 e. The molecule has 0 aliphatic rings. The smallest absolute Gasteiger partial charge is 0.0900 e. The van der Waals surface area contributed by atoms with Gasteiger partial charge in [0, 0.05) is 17.5 Å². The fraction of sp³-hybridized carbons (Fsp3) is 0.769. The fourth-order valence-corrected chi connectivity index (χ4v) is 2.76. The van der Waals surface area contributed by atoms with E-state index in [2.05, 4.69) is 38.0 Å². The van der Waals surface area contributed by atoms with E-state index < -0.39 is 0 Å². The van der Waals surface area contributed by atoms with Crippen LogP contribution in [0.15, 0.2) is 0 Å². The van der Waals surface area contributed by atoms with Gasteiger partial charge in [0.2, 0.25) is 0 Å². The summed E-state index contributed by atoms with van der Waals surface area (Å²) in [4.78, 5) is 5.85. The Balaban J connectivity index is 2.39. The van der Waals surface area contributed by atoms with Crippen LogP contribution in [-0.4, -0.2) is 11.0 Å². The van der Waals surface area contributed by atoms with Crippen molar-refractivity contribution in [2.24, 2.45) is 0 Å². The third kappa shape index (κ3) is 4.22. The lowest BCUT2D eigenvalue weighted by Crippen LogP contribution is -2.27. The van der Waals surface area contributed by atoms with Crippen LogP contribution in [0.5, 0.6) is 0 Å². The van der Waals surface area contributed by atoms with Crippen LogP contribution in [0.3, 0.4) is 0 Å². The number of unbranched alkanes of at least 4 members (excludes halogenated alkanes) is 1. The summed E-state index contributed by atoms with van der Waals surface area (Å²) in [5.74, 6) is 0. The Bertz CT molecular complexity index is 307. The number of aryl methyl sites for hydroxylation is 2. The number of hydrogen-bond donors (Lipinski definition) is 1. The summed E-state index contributed by atoms with van der Waals surface area (Å²) in [5.41, 5.74) is 1.19. The molecule has 0 spiro atoms. The van der Waals surface area contributed by atoms with Crippen molar-refractivity contribution in [3.8, 4) is 0 Å². The molecule has 0 saturated heterocycles. The SMILES string of the molecule is CCCCC(CC)NCc1sc(C)nc1C. The molecule has 0 saturated carbocycles. The maximum absolute atomic E-state index is 4.46. The summed E-state index contributed by atoms with van der Waals surface area (Å²) in [6, 6.07) is 0.668. The quantitative estimate of drug-likeness (QED) is 0.783. The monoisotopic (exact) mass is 240 g/mol. The van der Waals surface area contributed by atoms with Crippen molar-refractivity contribution in [2.45, 2.75) is 66.0 Å². The van der Waals surface area contributed by atoms with Crippen molar-refractivity contribution >= 4 is 11.3 Å². The first kappa shape index (κ1) is 13.7. The highest BCUT2D eigenvalue weighted by molar-refractivity contribution is 7.11. The number of rotatable bonds is 7. The lowest BCUT2D eigenvalue weighted by atomic mass is 10.1. The molecule has 0 aliphatic carbocycles. The van der Waals surface area contributed by atoms with Crippen molar-refractivity contribution < 1.29 is 0 Å². The molecule has 1 atom stereocenters. The molecule has 1 aromatic heterocycles. The molecule has 0 fully saturated rings. The van der Waals surface area contributed by atoms with E-state index in [1.165, 1.54) is 41.3 Å². The Morgan fingerprint density at radius 2 is 2.06 bits per heavy atom. The van der Waals surface area contributed by atoms with Crippen LogP contribution < -0.4 is 5.32 Å². The summed E-state index contributed by atoms with van der Waals surface area (Å²) >= 11 is 1.82. The van der Waals surface area contributed by atoms with Gasteiger partial charge in [0.25, 0.3) is 0 Å². The van der Waals surface area contributed by atoms with E-state index in [9.17, 15) is 0 Å². The van der Waals surface area contributed by atoms with Gasteiger partial charge in [-0.2, -0.15) is 0 Å². The van der Waals surface area contributed by atoms with Gasteiger partial charge >= 0.3 is 0 Å². The molecular weight excluding hydrogens is 216 g/mol. The summed E-state index contributed by atoms with van der Waals surface area (Å²) in [6.07, 6.45) is 5.13. The summed E-state index contributed by atoms with van der Waals surface area (Å²) in [5, 5.41) is 4.82. The van der Waals surface area contributed by atoms with Crippen LogP contribution in [0.1, 0.15) is 55.1 Å². The van der Waals surface area contributed by atoms with Gasteiger partial charge in [-0.25, -0.2) is 4.98 Å². The predicted molar refractivity (Wildman–Crippen MR) is 72.0 cm³/mol. The average Bonchev–Trinajstić information content (AvgIpc) is 2.58. The predicted octanol–water partition coefficient (Wildman–Crippen LogP) is 3.82. The molecule has 1 rings (SSSR count). The van der Waals surface area contributed by atoms with Gasteiger partial charge in [-0.15, -0.1) is 11.3 Å². The van der Waals surface area contributed by atoms with Crippen molar-refractivity contribution in [1.29, 1.82) is 0 Å². The van der Waals surface area contributed by atoms with Crippen molar-refractivity contribution in [3.63, 3.8) is 0 Å². The topological polar surface area (TPSA) is 24.9 Å². The average molecular weight is 240 g/mol. The van der Waals surface area contributed by atoms with Gasteiger partial charge in [-0.3, -0.25) is 0 Å². The molecule has 1 aromatic rings. The first-order valence-electron chi connectivity index (χ1n) is 6.33. The van der Waals surface area contributed by atoms with Crippen LogP contribution in [0, 0.1) is 13.8 Å². The Hall–Kier alpha value is -0.410. The summed E-state index contributed by atoms with van der Waals surface area (Å²) < 4.78 is 0. The second-order valence-corrected chi connectivity index (χ2v) is 5.66. The van der Waals surface area contributed by atoms with E-state index in [0.717, 1.165) is 6.54 Å². The van der Waals surface area contributed by atoms with E-state index in [1.54, 1.807) is 0 Å². The summed E-state index contributed by atoms with van der Waals surface area (Å²) in [6.45, 7) is 9.68. The van der Waals surface area contributed by atoms with E-state index in [0.29, 0.717) is 6.04 Å². The normalized spacial score (nSPS) is 13.0. The highest BCUT2D eigenvalue weighted by Gasteiger charge is 2.08. The molecule has 1 N–H and O–H groups in total. The third-order valence-corrected chi connectivity index (χ3v) is 4.02. The second-order valence-electron chi connectivity index (χ2n) is 4.37. The van der Waals surface area contributed by atoms with Crippen LogP contribution in [-0.2, 0) is 6.54 Å². The molecule has 0 bridgehead atoms. The zero-order valence-corrected chi connectivity index (χ0v) is 11.8. The van der Waals surface area contributed by atoms with Crippen LogP contribution in [0.25, 0.3) is 0 Å². The molecule has 0 radical (unpaired) electrons. The highest BCUT2D eigenvalue weighted by Crippen LogP contribution is 2.17. The first-order valence-corrected chi connectivity index (χ1v) is 7.15. The minimum atomic E-state index is 0.668. The van der Waals surface area contributed by atoms with Crippen LogP contribution >= 0.6 is 11.3 Å². The standard InChI is InChI=1S/C13H24N2S/c1-5-7-8-12(6-2)14-9-13-10(3)15-11(4)16-13/h12,14H,5-9H2,1-4H3. The van der Waals surface area contributed by atoms with Gasteiger partial charge in [0.15, 0.2) is 0 Å². The molecule has 2 nitrogen and oxygen atoms in total. The maximum atomic E-state index is 4.46. The molecule has 3 heteroatoms. The van der Waals surface area contributed by atoms with E-state index in [1.807, 2.05) is 11.3 Å². The van der Waals surface area contributed by atoms with Gasteiger partial charge in [-0.05, 0) is 26.7 Å². The van der Waals surface area contributed by atoms with E-state index >= 15 is 0 Å². The zero-order valence-electron chi connectivity index (χ0n) is 11.0. The minimum absolute atomic E-state index is 0.668. The van der Waals surface area contributed by atoms with E-state index in [-0.39, 0.29) is 0 Å². The third-order valence-electron chi connectivity index (χ3n) is 2.95. The Kier molecular flexibility index (Phi) is 5.99. The lowest BCUT2D eigenvalue weighted by Gasteiger charge is -2.15. The largest absolute Gasteiger partial charge is 0.309 e.